The first-order chi connectivity index (χ1) is 15.7. The molecule has 3 aromatic rings. The van der Waals surface area contributed by atoms with Gasteiger partial charge in [0.15, 0.2) is 0 Å². The maximum atomic E-state index is 13.8. The third-order valence-corrected chi connectivity index (χ3v) is 6.24. The zero-order valence-electron chi connectivity index (χ0n) is 18.6. The number of aromatic nitrogens is 1. The number of nitrogens with zero attached hydrogens (tertiary/aromatic N) is 2. The smallest absolute Gasteiger partial charge is 0.235 e. The molecule has 0 aliphatic carbocycles. The first-order valence-corrected chi connectivity index (χ1v) is 10.9. The van der Waals surface area contributed by atoms with Gasteiger partial charge in [-0.2, -0.15) is 0 Å². The third kappa shape index (κ3) is 4.40. The normalized spacial score (nSPS) is 18.5. The van der Waals surface area contributed by atoms with E-state index in [1.165, 1.54) is 0 Å². The van der Waals surface area contributed by atoms with Crippen LogP contribution in [0.4, 0.5) is 11.4 Å². The van der Waals surface area contributed by atoms with Crippen molar-refractivity contribution in [3.8, 4) is 11.5 Å². The Morgan fingerprint density at radius 2 is 1.88 bits per heavy atom. The minimum Gasteiger partial charge on any atom is -0.497 e. The van der Waals surface area contributed by atoms with Crippen LogP contribution in [0.15, 0.2) is 73.1 Å². The predicted octanol–water partition coefficient (Wildman–Crippen LogP) is 4.67. The van der Waals surface area contributed by atoms with Gasteiger partial charge in [-0.3, -0.25) is 9.78 Å². The van der Waals surface area contributed by atoms with Crippen LogP contribution in [0.1, 0.15) is 24.8 Å². The van der Waals surface area contributed by atoms with Gasteiger partial charge in [0, 0.05) is 19.3 Å². The number of hydrogen-bond donors (Lipinski definition) is 1. The van der Waals surface area contributed by atoms with Gasteiger partial charge in [0.05, 0.1) is 37.2 Å². The molecule has 0 radical (unpaired) electrons. The monoisotopic (exact) mass is 431 g/mol. The molecule has 1 aliphatic rings. The van der Waals surface area contributed by atoms with E-state index in [-0.39, 0.29) is 5.91 Å². The number of amides is 1. The van der Waals surface area contributed by atoms with E-state index >= 15 is 0 Å². The fourth-order valence-corrected chi connectivity index (χ4v) is 4.52. The molecule has 0 spiro atoms. The number of hydrogen-bond acceptors (Lipinski definition) is 5. The lowest BCUT2D eigenvalue weighted by Gasteiger charge is -2.32. The van der Waals surface area contributed by atoms with Crippen molar-refractivity contribution >= 4 is 17.3 Å². The summed E-state index contributed by atoms with van der Waals surface area (Å²) in [6.45, 7) is 1.59. The predicted molar refractivity (Wildman–Crippen MR) is 127 cm³/mol. The summed E-state index contributed by atoms with van der Waals surface area (Å²) in [7, 11) is 3.34. The van der Waals surface area contributed by atoms with Gasteiger partial charge in [-0.05, 0) is 61.2 Å². The number of para-hydroxylation sites is 2. The lowest BCUT2D eigenvalue weighted by atomic mass is 9.73. The summed E-state index contributed by atoms with van der Waals surface area (Å²) < 4.78 is 11.1. The molecule has 0 saturated carbocycles. The van der Waals surface area contributed by atoms with Gasteiger partial charge in [-0.25, -0.2) is 0 Å². The highest BCUT2D eigenvalue weighted by Crippen LogP contribution is 2.40. The molecule has 1 aromatic heterocycles. The fraction of sp³-hybridized carbons (Fsp3) is 0.308. The van der Waals surface area contributed by atoms with Crippen LogP contribution in [0.5, 0.6) is 11.5 Å². The van der Waals surface area contributed by atoms with Crippen molar-refractivity contribution in [2.45, 2.75) is 24.7 Å². The number of benzene rings is 2. The van der Waals surface area contributed by atoms with E-state index < -0.39 is 5.41 Å². The second-order valence-electron chi connectivity index (χ2n) is 8.02. The lowest BCUT2D eigenvalue weighted by Crippen LogP contribution is -2.41. The number of carbonyl (C=O) groups is 1. The van der Waals surface area contributed by atoms with E-state index in [2.05, 4.69) is 21.3 Å². The van der Waals surface area contributed by atoms with Gasteiger partial charge in [-0.15, -0.1) is 0 Å². The summed E-state index contributed by atoms with van der Waals surface area (Å²) in [5.41, 5.74) is 2.05. The topological polar surface area (TPSA) is 63.7 Å². The quantitative estimate of drug-likeness (QED) is 0.615. The van der Waals surface area contributed by atoms with Crippen molar-refractivity contribution in [2.24, 2.45) is 0 Å². The van der Waals surface area contributed by atoms with E-state index in [0.717, 1.165) is 48.7 Å². The molecule has 1 N–H and O–H groups in total. The highest BCUT2D eigenvalue weighted by Gasteiger charge is 2.42. The molecule has 1 saturated heterocycles. The molecular weight excluding hydrogens is 402 g/mol. The van der Waals surface area contributed by atoms with Gasteiger partial charge < -0.3 is 19.7 Å². The second-order valence-corrected chi connectivity index (χ2v) is 8.02. The summed E-state index contributed by atoms with van der Waals surface area (Å²) in [6, 6.07) is 19.6. The lowest BCUT2D eigenvalue weighted by molar-refractivity contribution is -0.122. The Bertz CT molecular complexity index is 1060. The molecule has 1 aliphatic heterocycles. The Morgan fingerprint density at radius 1 is 1.00 bits per heavy atom. The molecule has 1 atom stereocenters. The Balaban J connectivity index is 1.68. The molecule has 1 fully saturated rings. The Kier molecular flexibility index (Phi) is 6.59. The highest BCUT2D eigenvalue weighted by molar-refractivity contribution is 5.99. The standard InChI is InChI=1S/C26H29N3O3/c1-31-22-10-5-8-20(18-22)26(25(30)28-21-9-6-15-27-19-21)13-7-16-29(17-14-26)23-11-3-4-12-24(23)32-2/h3-6,8-12,15,18-19H,7,13-14,16-17H2,1-2H3,(H,28,30). The van der Waals surface area contributed by atoms with Crippen molar-refractivity contribution in [2.75, 3.05) is 37.5 Å². The first kappa shape index (κ1) is 21.7. The van der Waals surface area contributed by atoms with Crippen LogP contribution in [-0.4, -0.2) is 38.2 Å². The van der Waals surface area contributed by atoms with Crippen molar-refractivity contribution in [3.05, 3.63) is 78.6 Å². The summed E-state index contributed by atoms with van der Waals surface area (Å²) in [6.07, 6.45) is 5.65. The molecule has 2 heterocycles. The van der Waals surface area contributed by atoms with Gasteiger partial charge >= 0.3 is 0 Å². The Morgan fingerprint density at radius 3 is 2.66 bits per heavy atom. The summed E-state index contributed by atoms with van der Waals surface area (Å²) >= 11 is 0. The molecule has 1 amide bonds. The average molecular weight is 432 g/mol. The van der Waals surface area contributed by atoms with Crippen LogP contribution in [-0.2, 0) is 10.2 Å². The van der Waals surface area contributed by atoms with Crippen LogP contribution in [0.3, 0.4) is 0 Å². The van der Waals surface area contributed by atoms with Crippen molar-refractivity contribution in [1.29, 1.82) is 0 Å². The van der Waals surface area contributed by atoms with E-state index in [4.69, 9.17) is 9.47 Å². The molecule has 32 heavy (non-hydrogen) atoms. The van der Waals surface area contributed by atoms with Crippen LogP contribution >= 0.6 is 0 Å². The number of anilines is 2. The summed E-state index contributed by atoms with van der Waals surface area (Å²) in [5.74, 6) is 1.59. The molecule has 6 nitrogen and oxygen atoms in total. The molecular formula is C26H29N3O3. The third-order valence-electron chi connectivity index (χ3n) is 6.24. The van der Waals surface area contributed by atoms with E-state index in [9.17, 15) is 4.79 Å². The zero-order valence-corrected chi connectivity index (χ0v) is 18.6. The van der Waals surface area contributed by atoms with Gasteiger partial charge in [0.1, 0.15) is 11.5 Å². The van der Waals surface area contributed by atoms with Gasteiger partial charge in [0.25, 0.3) is 0 Å². The number of rotatable bonds is 6. The second kappa shape index (κ2) is 9.73. The highest BCUT2D eigenvalue weighted by atomic mass is 16.5. The van der Waals surface area contributed by atoms with Crippen LogP contribution in [0.25, 0.3) is 0 Å². The molecule has 6 heteroatoms. The number of methoxy groups -OCH3 is 2. The maximum Gasteiger partial charge on any atom is 0.235 e. The summed E-state index contributed by atoms with van der Waals surface area (Å²) in [5, 5.41) is 3.11. The van der Waals surface area contributed by atoms with Crippen LogP contribution in [0, 0.1) is 0 Å². The maximum absolute atomic E-state index is 13.8. The van der Waals surface area contributed by atoms with Crippen molar-refractivity contribution < 1.29 is 14.3 Å². The average Bonchev–Trinajstić information content (AvgIpc) is 3.09. The zero-order chi connectivity index (χ0) is 22.4. The number of ether oxygens (including phenoxy) is 2. The SMILES string of the molecule is COc1cccc(C2(C(=O)Nc3cccnc3)CCCN(c3ccccc3OC)CC2)c1. The van der Waals surface area contributed by atoms with Crippen molar-refractivity contribution in [1.82, 2.24) is 4.98 Å². The Labute approximate surface area is 189 Å². The first-order valence-electron chi connectivity index (χ1n) is 10.9. The largest absolute Gasteiger partial charge is 0.497 e. The number of pyridine rings is 1. The Hall–Kier alpha value is -3.54. The minimum absolute atomic E-state index is 0.0133. The van der Waals surface area contributed by atoms with E-state index in [1.807, 2.05) is 54.6 Å². The molecule has 166 valence electrons. The number of carbonyl (C=O) groups excluding carboxylic acids is 1. The van der Waals surface area contributed by atoms with E-state index in [0.29, 0.717) is 12.1 Å². The van der Waals surface area contributed by atoms with Crippen LogP contribution in [0.2, 0.25) is 0 Å². The van der Waals surface area contributed by atoms with Gasteiger partial charge in [-0.1, -0.05) is 24.3 Å². The molecule has 4 rings (SSSR count). The van der Waals surface area contributed by atoms with Crippen molar-refractivity contribution in [3.63, 3.8) is 0 Å². The molecule has 1 unspecified atom stereocenters. The van der Waals surface area contributed by atoms with Crippen LogP contribution < -0.4 is 19.7 Å². The molecule has 0 bridgehead atoms. The van der Waals surface area contributed by atoms with E-state index in [1.54, 1.807) is 26.6 Å². The summed E-state index contributed by atoms with van der Waals surface area (Å²) in [4.78, 5) is 20.2. The number of nitrogens with one attached hydrogen (secondary N) is 1. The molecule has 2 aromatic carbocycles. The van der Waals surface area contributed by atoms with Gasteiger partial charge in [0.2, 0.25) is 5.91 Å². The minimum atomic E-state index is -0.679. The fourth-order valence-electron chi connectivity index (χ4n) is 4.52.